The molecule has 0 aromatic heterocycles. The highest BCUT2D eigenvalue weighted by Gasteiger charge is 2.17. The molecule has 0 saturated carbocycles. The topological polar surface area (TPSA) is 35.5 Å². The van der Waals surface area contributed by atoms with Gasteiger partial charge in [0, 0.05) is 19.3 Å². The molecule has 186 valence electrons. The van der Waals surface area contributed by atoms with E-state index in [-0.39, 0.29) is 0 Å². The molecule has 0 spiro atoms. The molecular weight excluding hydrogens is 416 g/mol. The maximum Gasteiger partial charge on any atom is 0.148 e. The molecule has 34 heavy (non-hydrogen) atoms. The predicted octanol–water partition coefficient (Wildman–Crippen LogP) is 7.22. The zero-order valence-corrected chi connectivity index (χ0v) is 21.9. The highest BCUT2D eigenvalue weighted by atomic mass is 16.3. The average Bonchev–Trinajstić information content (AvgIpc) is 2.81. The van der Waals surface area contributed by atoms with Crippen molar-refractivity contribution in [1.29, 1.82) is 0 Å². The maximum absolute atomic E-state index is 10.3. The predicted molar refractivity (Wildman–Crippen MR) is 147 cm³/mol. The van der Waals surface area contributed by atoms with Crippen molar-refractivity contribution in [2.75, 3.05) is 13.1 Å². The largest absolute Gasteiger partial charge is 0.391 e. The number of nitrogens with zero attached hydrogens (tertiary/aromatic N) is 1. The summed E-state index contributed by atoms with van der Waals surface area (Å²) in [5, 5.41) is 13.7. The average molecular weight is 463 g/mol. The minimum Gasteiger partial charge on any atom is -0.391 e. The van der Waals surface area contributed by atoms with Crippen molar-refractivity contribution >= 4 is 0 Å². The summed E-state index contributed by atoms with van der Waals surface area (Å²) < 4.78 is 0. The first-order valence-corrected chi connectivity index (χ1v) is 13.0. The Kier molecular flexibility index (Phi) is 12.6. The van der Waals surface area contributed by atoms with Gasteiger partial charge in [0.25, 0.3) is 0 Å². The molecule has 1 aliphatic heterocycles. The Hall–Kier alpha value is -2.52. The number of benzene rings is 1. The Morgan fingerprint density at radius 2 is 1.68 bits per heavy atom. The Balaban J connectivity index is 1.59. The van der Waals surface area contributed by atoms with Crippen molar-refractivity contribution < 1.29 is 5.11 Å². The molecule has 1 atom stereocenters. The number of aryl methyl sites for hydroxylation is 2. The van der Waals surface area contributed by atoms with Crippen LogP contribution >= 0.6 is 0 Å². The van der Waals surface area contributed by atoms with Gasteiger partial charge >= 0.3 is 0 Å². The van der Waals surface area contributed by atoms with Crippen LogP contribution in [0.1, 0.15) is 77.3 Å². The van der Waals surface area contributed by atoms with Crippen molar-refractivity contribution in [3.63, 3.8) is 0 Å². The third kappa shape index (κ3) is 10.6. The van der Waals surface area contributed by atoms with Gasteiger partial charge in [0.2, 0.25) is 0 Å². The van der Waals surface area contributed by atoms with Gasteiger partial charge < -0.3 is 15.3 Å². The lowest BCUT2D eigenvalue weighted by molar-refractivity contribution is 0.0649. The van der Waals surface area contributed by atoms with Gasteiger partial charge in [-0.15, -0.1) is 0 Å². The van der Waals surface area contributed by atoms with E-state index in [0.29, 0.717) is 0 Å². The molecule has 0 fully saturated rings. The number of allylic oxidation sites excluding steroid dienone is 6. The second-order valence-corrected chi connectivity index (χ2v) is 9.75. The molecule has 3 heteroatoms. The highest BCUT2D eigenvalue weighted by molar-refractivity contribution is 5.27. The molecule has 1 aromatic carbocycles. The lowest BCUT2D eigenvalue weighted by Gasteiger charge is -2.31. The molecule has 2 rings (SSSR count). The molecule has 1 heterocycles. The minimum atomic E-state index is -0.458. The van der Waals surface area contributed by atoms with E-state index in [2.05, 4.69) is 86.4 Å². The summed E-state index contributed by atoms with van der Waals surface area (Å²) in [6.45, 7) is 14.0. The van der Waals surface area contributed by atoms with Crippen LogP contribution in [-0.2, 0) is 12.8 Å². The van der Waals surface area contributed by atoms with Crippen LogP contribution < -0.4 is 5.32 Å². The van der Waals surface area contributed by atoms with Crippen LogP contribution in [0.4, 0.5) is 0 Å². The van der Waals surface area contributed by atoms with Gasteiger partial charge in [-0.25, -0.2) is 0 Å². The van der Waals surface area contributed by atoms with Gasteiger partial charge in [-0.2, -0.15) is 0 Å². The van der Waals surface area contributed by atoms with Gasteiger partial charge in [-0.3, -0.25) is 0 Å². The third-order valence-electron chi connectivity index (χ3n) is 6.31. The first-order valence-electron chi connectivity index (χ1n) is 13.0. The number of aliphatic hydroxyl groups excluding tert-OH is 1. The number of aliphatic hydroxyl groups is 1. The number of hydrogen-bond donors (Lipinski definition) is 2. The van der Waals surface area contributed by atoms with Crippen molar-refractivity contribution in [3.8, 4) is 0 Å². The first kappa shape index (κ1) is 27.7. The van der Waals surface area contributed by atoms with Crippen LogP contribution in [-0.4, -0.2) is 29.3 Å². The molecule has 0 amide bonds. The van der Waals surface area contributed by atoms with Crippen LogP contribution in [0.3, 0.4) is 0 Å². The SMILES string of the molecule is C=C/C(C)=C\C(C)=C/NCCCCCc1cccc(CCCCCN2C=C(C)C=C(C)C2O)c1. The standard InChI is InChI=1S/C31H46N2O/c1-6-25(2)20-26(3)23-32-18-11-7-9-14-29-16-13-17-30(22-29)15-10-8-12-19-33-24-27(4)21-28(5)31(33)34/h6,13,16-17,20-24,31-32,34H,1,7-12,14-15,18-19H2,2-5H3/b25-20-,26-23-. The molecule has 3 nitrogen and oxygen atoms in total. The molecule has 1 unspecified atom stereocenters. The summed E-state index contributed by atoms with van der Waals surface area (Å²) in [6, 6.07) is 9.14. The van der Waals surface area contributed by atoms with E-state index in [1.165, 1.54) is 60.0 Å². The van der Waals surface area contributed by atoms with E-state index in [1.807, 2.05) is 13.0 Å². The molecule has 1 aliphatic rings. The van der Waals surface area contributed by atoms with E-state index in [1.54, 1.807) is 0 Å². The lowest BCUT2D eigenvalue weighted by atomic mass is 10.0. The van der Waals surface area contributed by atoms with Crippen molar-refractivity contribution in [1.82, 2.24) is 10.2 Å². The van der Waals surface area contributed by atoms with Crippen molar-refractivity contribution in [3.05, 3.63) is 94.9 Å². The summed E-state index contributed by atoms with van der Waals surface area (Å²) in [4.78, 5) is 2.07. The highest BCUT2D eigenvalue weighted by Crippen LogP contribution is 2.19. The minimum absolute atomic E-state index is 0.458. The van der Waals surface area contributed by atoms with E-state index < -0.39 is 6.23 Å². The molecule has 0 radical (unpaired) electrons. The second-order valence-electron chi connectivity index (χ2n) is 9.75. The van der Waals surface area contributed by atoms with E-state index in [0.717, 1.165) is 37.9 Å². The monoisotopic (exact) mass is 462 g/mol. The van der Waals surface area contributed by atoms with E-state index in [9.17, 15) is 5.11 Å². The van der Waals surface area contributed by atoms with Crippen molar-refractivity contribution in [2.45, 2.75) is 85.3 Å². The van der Waals surface area contributed by atoms with Crippen LogP contribution in [0.5, 0.6) is 0 Å². The zero-order valence-electron chi connectivity index (χ0n) is 21.9. The Morgan fingerprint density at radius 1 is 1.00 bits per heavy atom. The van der Waals surface area contributed by atoms with Gasteiger partial charge in [0.1, 0.15) is 6.23 Å². The van der Waals surface area contributed by atoms with E-state index >= 15 is 0 Å². The summed E-state index contributed by atoms with van der Waals surface area (Å²) >= 11 is 0. The fourth-order valence-corrected chi connectivity index (χ4v) is 4.42. The zero-order chi connectivity index (χ0) is 24.8. The van der Waals surface area contributed by atoms with E-state index in [4.69, 9.17) is 0 Å². The van der Waals surface area contributed by atoms with Crippen LogP contribution in [0, 0.1) is 0 Å². The summed E-state index contributed by atoms with van der Waals surface area (Å²) in [5.41, 5.74) is 7.59. The molecule has 0 bridgehead atoms. The van der Waals surface area contributed by atoms with Crippen LogP contribution in [0.15, 0.2) is 83.8 Å². The Morgan fingerprint density at radius 3 is 2.35 bits per heavy atom. The number of rotatable bonds is 15. The fraction of sp³-hybridized carbons (Fsp3) is 0.484. The number of hydrogen-bond acceptors (Lipinski definition) is 3. The lowest BCUT2D eigenvalue weighted by Crippen LogP contribution is -2.34. The molecule has 1 aromatic rings. The number of nitrogens with one attached hydrogen (secondary N) is 1. The summed E-state index contributed by atoms with van der Waals surface area (Å²) in [6.07, 6.45) is 19.3. The van der Waals surface area contributed by atoms with Gasteiger partial charge in [0.15, 0.2) is 0 Å². The van der Waals surface area contributed by atoms with Crippen LogP contribution in [0.25, 0.3) is 0 Å². The fourth-order valence-electron chi connectivity index (χ4n) is 4.42. The van der Waals surface area contributed by atoms with Gasteiger partial charge in [-0.05, 0) is 100 Å². The van der Waals surface area contributed by atoms with Crippen molar-refractivity contribution in [2.24, 2.45) is 0 Å². The normalized spacial score (nSPS) is 16.9. The second kappa shape index (κ2) is 15.4. The quantitative estimate of drug-likeness (QED) is 0.213. The summed E-state index contributed by atoms with van der Waals surface area (Å²) in [5.74, 6) is 0. The third-order valence-corrected chi connectivity index (χ3v) is 6.31. The Labute approximate surface area is 208 Å². The van der Waals surface area contributed by atoms with Gasteiger partial charge in [0.05, 0.1) is 0 Å². The first-order chi connectivity index (χ1) is 16.4. The Bertz CT molecular complexity index is 890. The smallest absolute Gasteiger partial charge is 0.148 e. The molecule has 2 N–H and O–H groups in total. The number of unbranched alkanes of at least 4 members (excludes halogenated alkanes) is 4. The molecular formula is C31H46N2O. The maximum atomic E-state index is 10.3. The summed E-state index contributed by atoms with van der Waals surface area (Å²) in [7, 11) is 0. The molecule has 0 saturated heterocycles. The van der Waals surface area contributed by atoms with Gasteiger partial charge in [-0.1, -0.05) is 67.5 Å². The van der Waals surface area contributed by atoms with Crippen LogP contribution in [0.2, 0.25) is 0 Å². The molecule has 0 aliphatic carbocycles.